The van der Waals surface area contributed by atoms with Gasteiger partial charge < -0.3 is 14.7 Å². The van der Waals surface area contributed by atoms with Crippen LogP contribution in [0.2, 0.25) is 0 Å². The molecule has 104 valence electrons. The summed E-state index contributed by atoms with van der Waals surface area (Å²) < 4.78 is 5.78. The van der Waals surface area contributed by atoms with Gasteiger partial charge in [0.05, 0.1) is 13.2 Å². The van der Waals surface area contributed by atoms with Crippen LogP contribution in [0.3, 0.4) is 0 Å². The maximum Gasteiger partial charge on any atom is 0.124 e. The van der Waals surface area contributed by atoms with E-state index in [2.05, 4.69) is 16.0 Å². The quantitative estimate of drug-likeness (QED) is 0.909. The van der Waals surface area contributed by atoms with Gasteiger partial charge >= 0.3 is 0 Å². The zero-order valence-corrected chi connectivity index (χ0v) is 11.5. The molecule has 1 N–H and O–H groups in total. The Labute approximate surface area is 118 Å². The largest absolute Gasteiger partial charge is 0.491 e. The summed E-state index contributed by atoms with van der Waals surface area (Å²) in [6.45, 7) is 4.19. The molecule has 0 fully saturated rings. The number of anilines is 1. The van der Waals surface area contributed by atoms with Crippen LogP contribution >= 0.6 is 0 Å². The highest BCUT2D eigenvalue weighted by Gasteiger charge is 2.17. The van der Waals surface area contributed by atoms with Crippen LogP contribution in [0.1, 0.15) is 16.8 Å². The number of aliphatic hydroxyl groups is 1. The fourth-order valence-corrected chi connectivity index (χ4v) is 2.52. The second-order valence-electron chi connectivity index (χ2n) is 4.99. The van der Waals surface area contributed by atoms with E-state index in [0.717, 1.165) is 35.8 Å². The highest BCUT2D eigenvalue weighted by molar-refractivity contribution is 5.55. The standard InChI is InChI=1S/C16H18N2O2/c1-12-8-15(14(11-19)9-17-12)18-6-7-20-16-5-3-2-4-13(16)10-18/h2-5,8-9,19H,6-7,10-11H2,1H3. The van der Waals surface area contributed by atoms with Crippen molar-refractivity contribution in [3.8, 4) is 5.75 Å². The van der Waals surface area contributed by atoms with E-state index in [9.17, 15) is 5.11 Å². The fourth-order valence-electron chi connectivity index (χ4n) is 2.52. The van der Waals surface area contributed by atoms with Crippen molar-refractivity contribution < 1.29 is 9.84 Å². The van der Waals surface area contributed by atoms with E-state index in [1.165, 1.54) is 5.56 Å². The maximum atomic E-state index is 9.51. The molecule has 3 rings (SSSR count). The molecule has 0 aliphatic carbocycles. The first-order valence-electron chi connectivity index (χ1n) is 6.80. The van der Waals surface area contributed by atoms with Crippen molar-refractivity contribution in [1.82, 2.24) is 4.98 Å². The number of hydrogen-bond acceptors (Lipinski definition) is 4. The second-order valence-corrected chi connectivity index (χ2v) is 4.99. The van der Waals surface area contributed by atoms with Gasteiger partial charge in [-0.05, 0) is 19.1 Å². The SMILES string of the molecule is Cc1cc(N2CCOc3ccccc3C2)c(CO)cn1. The lowest BCUT2D eigenvalue weighted by atomic mass is 10.1. The number of benzene rings is 1. The fraction of sp³-hybridized carbons (Fsp3) is 0.312. The van der Waals surface area contributed by atoms with Gasteiger partial charge in [-0.1, -0.05) is 18.2 Å². The number of aryl methyl sites for hydroxylation is 1. The Kier molecular flexibility index (Phi) is 3.56. The number of rotatable bonds is 2. The van der Waals surface area contributed by atoms with Crippen LogP contribution in [-0.2, 0) is 13.2 Å². The normalized spacial score (nSPS) is 14.4. The first kappa shape index (κ1) is 12.9. The summed E-state index contributed by atoms with van der Waals surface area (Å²) in [5.41, 5.74) is 4.02. The van der Waals surface area contributed by atoms with E-state index < -0.39 is 0 Å². The third kappa shape index (κ3) is 2.47. The number of hydrogen-bond donors (Lipinski definition) is 1. The Bertz CT molecular complexity index is 613. The summed E-state index contributed by atoms with van der Waals surface area (Å²) in [5, 5.41) is 9.51. The van der Waals surface area contributed by atoms with Crippen molar-refractivity contribution >= 4 is 5.69 Å². The monoisotopic (exact) mass is 270 g/mol. The van der Waals surface area contributed by atoms with Crippen LogP contribution in [0.5, 0.6) is 5.75 Å². The maximum absolute atomic E-state index is 9.51. The van der Waals surface area contributed by atoms with Crippen molar-refractivity contribution in [1.29, 1.82) is 0 Å². The predicted octanol–water partition coefficient (Wildman–Crippen LogP) is 2.28. The Balaban J connectivity index is 1.97. The minimum absolute atomic E-state index is 0.00160. The van der Waals surface area contributed by atoms with E-state index in [-0.39, 0.29) is 6.61 Å². The number of pyridine rings is 1. The van der Waals surface area contributed by atoms with Gasteiger partial charge in [-0.15, -0.1) is 0 Å². The van der Waals surface area contributed by atoms with Gasteiger partial charge in [0.2, 0.25) is 0 Å². The molecule has 4 heteroatoms. The first-order chi connectivity index (χ1) is 9.78. The molecule has 0 bridgehead atoms. The van der Waals surface area contributed by atoms with Gasteiger partial charge in [-0.3, -0.25) is 4.98 Å². The van der Waals surface area contributed by atoms with E-state index >= 15 is 0 Å². The van der Waals surface area contributed by atoms with Crippen molar-refractivity contribution in [2.24, 2.45) is 0 Å². The number of aromatic nitrogens is 1. The molecule has 2 aromatic rings. The number of para-hydroxylation sites is 1. The van der Waals surface area contributed by atoms with Gasteiger partial charge in [0.1, 0.15) is 12.4 Å². The third-order valence-electron chi connectivity index (χ3n) is 3.56. The van der Waals surface area contributed by atoms with Crippen LogP contribution in [0.15, 0.2) is 36.5 Å². The van der Waals surface area contributed by atoms with Crippen molar-refractivity contribution in [2.75, 3.05) is 18.1 Å². The summed E-state index contributed by atoms with van der Waals surface area (Å²) in [6, 6.07) is 10.1. The van der Waals surface area contributed by atoms with E-state index in [4.69, 9.17) is 4.74 Å². The van der Waals surface area contributed by atoms with Gasteiger partial charge in [0.25, 0.3) is 0 Å². The summed E-state index contributed by atoms with van der Waals surface area (Å²) in [6.07, 6.45) is 1.75. The molecule has 1 aliphatic rings. The Hall–Kier alpha value is -2.07. The number of fused-ring (bicyclic) bond motifs is 1. The van der Waals surface area contributed by atoms with E-state index in [1.54, 1.807) is 6.20 Å². The van der Waals surface area contributed by atoms with E-state index in [0.29, 0.717) is 6.61 Å². The molecule has 0 unspecified atom stereocenters. The summed E-state index contributed by atoms with van der Waals surface area (Å²) in [4.78, 5) is 6.50. The molecule has 2 heterocycles. The highest BCUT2D eigenvalue weighted by atomic mass is 16.5. The zero-order valence-electron chi connectivity index (χ0n) is 11.5. The average Bonchev–Trinajstić information content (AvgIpc) is 2.69. The Morgan fingerprint density at radius 1 is 1.35 bits per heavy atom. The Morgan fingerprint density at radius 2 is 2.20 bits per heavy atom. The first-order valence-corrected chi connectivity index (χ1v) is 6.80. The summed E-state index contributed by atoms with van der Waals surface area (Å²) in [5.74, 6) is 0.950. The average molecular weight is 270 g/mol. The molecule has 0 saturated carbocycles. The second kappa shape index (κ2) is 5.51. The smallest absolute Gasteiger partial charge is 0.124 e. The molecule has 0 atom stereocenters. The molecule has 4 nitrogen and oxygen atoms in total. The van der Waals surface area contributed by atoms with Gasteiger partial charge in [-0.2, -0.15) is 0 Å². The number of aliphatic hydroxyl groups excluding tert-OH is 1. The topological polar surface area (TPSA) is 45.6 Å². The van der Waals surface area contributed by atoms with Gasteiger partial charge in [0.15, 0.2) is 0 Å². The van der Waals surface area contributed by atoms with Crippen LogP contribution < -0.4 is 9.64 Å². The van der Waals surface area contributed by atoms with Crippen molar-refractivity contribution in [3.05, 3.63) is 53.3 Å². The lowest BCUT2D eigenvalue weighted by Gasteiger charge is -2.24. The third-order valence-corrected chi connectivity index (χ3v) is 3.56. The van der Waals surface area contributed by atoms with Crippen LogP contribution in [0, 0.1) is 6.92 Å². The molecule has 0 saturated heterocycles. The van der Waals surface area contributed by atoms with Crippen LogP contribution in [0.25, 0.3) is 0 Å². The van der Waals surface area contributed by atoms with E-state index in [1.807, 2.05) is 31.2 Å². The lowest BCUT2D eigenvalue weighted by molar-refractivity contribution is 0.281. The zero-order chi connectivity index (χ0) is 13.9. The summed E-state index contributed by atoms with van der Waals surface area (Å²) >= 11 is 0. The van der Waals surface area contributed by atoms with Gasteiger partial charge in [0, 0.05) is 35.2 Å². The molecule has 0 spiro atoms. The van der Waals surface area contributed by atoms with Crippen molar-refractivity contribution in [3.63, 3.8) is 0 Å². The molecule has 1 aliphatic heterocycles. The highest BCUT2D eigenvalue weighted by Crippen LogP contribution is 2.28. The number of ether oxygens (including phenoxy) is 1. The summed E-state index contributed by atoms with van der Waals surface area (Å²) in [7, 11) is 0. The molecule has 20 heavy (non-hydrogen) atoms. The van der Waals surface area contributed by atoms with Crippen molar-refractivity contribution in [2.45, 2.75) is 20.1 Å². The molecular weight excluding hydrogens is 252 g/mol. The number of nitrogens with zero attached hydrogens (tertiary/aromatic N) is 2. The minimum Gasteiger partial charge on any atom is -0.491 e. The molecule has 1 aromatic carbocycles. The van der Waals surface area contributed by atoms with Gasteiger partial charge in [-0.25, -0.2) is 0 Å². The Morgan fingerprint density at radius 3 is 3.05 bits per heavy atom. The minimum atomic E-state index is 0.00160. The molecular formula is C16H18N2O2. The molecule has 0 radical (unpaired) electrons. The van der Waals surface area contributed by atoms with Crippen LogP contribution in [0.4, 0.5) is 5.69 Å². The molecule has 0 amide bonds. The predicted molar refractivity (Wildman–Crippen MR) is 77.9 cm³/mol. The van der Waals surface area contributed by atoms with Crippen LogP contribution in [-0.4, -0.2) is 23.2 Å². The molecule has 1 aromatic heterocycles. The lowest BCUT2D eigenvalue weighted by Crippen LogP contribution is -2.26.